The normalized spacial score (nSPS) is 10.6. The van der Waals surface area contributed by atoms with Crippen LogP contribution in [0.3, 0.4) is 0 Å². The maximum Gasteiger partial charge on any atom is 0.122 e. The molecule has 4 nitrogen and oxygen atoms in total. The van der Waals surface area contributed by atoms with E-state index >= 15 is 0 Å². The number of hydrogen-bond acceptors (Lipinski definition) is 3. The van der Waals surface area contributed by atoms with Gasteiger partial charge in [0.15, 0.2) is 0 Å². The van der Waals surface area contributed by atoms with E-state index < -0.39 is 0 Å². The number of hydrogen-bond donors (Lipinski definition) is 1. The molecule has 18 heavy (non-hydrogen) atoms. The van der Waals surface area contributed by atoms with Gasteiger partial charge in [-0.2, -0.15) is 0 Å². The first kappa shape index (κ1) is 12.6. The molecule has 1 aromatic heterocycles. The Bertz CT molecular complexity index is 493. The minimum Gasteiger partial charge on any atom is -0.494 e. The zero-order chi connectivity index (χ0) is 12.8. The molecule has 0 bridgehead atoms. The van der Waals surface area contributed by atoms with Gasteiger partial charge in [-0.05, 0) is 24.6 Å². The van der Waals surface area contributed by atoms with Gasteiger partial charge in [0.05, 0.1) is 13.2 Å². The summed E-state index contributed by atoms with van der Waals surface area (Å²) in [6.07, 6.45) is 3.76. The number of nitrogens with one attached hydrogen (secondary N) is 1. The van der Waals surface area contributed by atoms with Crippen molar-refractivity contribution >= 4 is 0 Å². The lowest BCUT2D eigenvalue weighted by Crippen LogP contribution is -2.15. The molecule has 0 saturated carbocycles. The highest BCUT2D eigenvalue weighted by atomic mass is 16.5. The number of aromatic nitrogens is 2. The molecule has 4 heteroatoms. The van der Waals surface area contributed by atoms with Gasteiger partial charge in [-0.25, -0.2) is 4.98 Å². The van der Waals surface area contributed by atoms with Crippen molar-refractivity contribution in [2.45, 2.75) is 20.0 Å². The summed E-state index contributed by atoms with van der Waals surface area (Å²) in [6.45, 7) is 4.27. The van der Waals surface area contributed by atoms with E-state index in [1.807, 2.05) is 43.1 Å². The fourth-order valence-electron chi connectivity index (χ4n) is 1.80. The third-order valence-electron chi connectivity index (χ3n) is 2.74. The second kappa shape index (κ2) is 6.21. The molecular weight excluding hydrogens is 226 g/mol. The lowest BCUT2D eigenvalue weighted by molar-refractivity contribution is 0.340. The molecule has 96 valence electrons. The summed E-state index contributed by atoms with van der Waals surface area (Å²) >= 11 is 0. The van der Waals surface area contributed by atoms with E-state index in [2.05, 4.69) is 22.4 Å². The van der Waals surface area contributed by atoms with Crippen molar-refractivity contribution in [3.05, 3.63) is 48.0 Å². The minimum absolute atomic E-state index is 0.699. The van der Waals surface area contributed by atoms with E-state index in [-0.39, 0.29) is 0 Å². The molecule has 0 amide bonds. The summed E-state index contributed by atoms with van der Waals surface area (Å²) in [4.78, 5) is 4.27. The molecule has 0 radical (unpaired) electrons. The molecule has 1 N–H and O–H groups in total. The Balaban J connectivity index is 1.86. The zero-order valence-corrected chi connectivity index (χ0v) is 10.9. The monoisotopic (exact) mass is 245 g/mol. The summed E-state index contributed by atoms with van der Waals surface area (Å²) in [7, 11) is 2.00. The Morgan fingerprint density at radius 1 is 1.33 bits per heavy atom. The Kier molecular flexibility index (Phi) is 4.36. The van der Waals surface area contributed by atoms with Crippen molar-refractivity contribution in [2.24, 2.45) is 7.05 Å². The van der Waals surface area contributed by atoms with Crippen LogP contribution in [-0.2, 0) is 20.1 Å². The van der Waals surface area contributed by atoms with Crippen molar-refractivity contribution in [2.75, 3.05) is 6.61 Å². The summed E-state index contributed by atoms with van der Waals surface area (Å²) in [6, 6.07) is 8.15. The summed E-state index contributed by atoms with van der Waals surface area (Å²) in [5.74, 6) is 1.96. The van der Waals surface area contributed by atoms with Crippen LogP contribution in [0.15, 0.2) is 36.7 Å². The topological polar surface area (TPSA) is 39.1 Å². The molecule has 2 aromatic rings. The first-order valence-corrected chi connectivity index (χ1v) is 6.18. The third kappa shape index (κ3) is 3.34. The smallest absolute Gasteiger partial charge is 0.122 e. The third-order valence-corrected chi connectivity index (χ3v) is 2.74. The molecule has 0 atom stereocenters. The molecule has 2 rings (SSSR count). The molecule has 1 aromatic carbocycles. The number of rotatable bonds is 6. The predicted octanol–water partition coefficient (Wildman–Crippen LogP) is 2.11. The van der Waals surface area contributed by atoms with Crippen LogP contribution in [-0.4, -0.2) is 16.2 Å². The zero-order valence-electron chi connectivity index (χ0n) is 10.9. The summed E-state index contributed by atoms with van der Waals surface area (Å²) < 4.78 is 7.49. The van der Waals surface area contributed by atoms with Crippen LogP contribution in [0.25, 0.3) is 0 Å². The maximum atomic E-state index is 5.47. The Morgan fingerprint density at radius 2 is 2.22 bits per heavy atom. The quantitative estimate of drug-likeness (QED) is 0.847. The minimum atomic E-state index is 0.699. The van der Waals surface area contributed by atoms with Gasteiger partial charge in [-0.15, -0.1) is 0 Å². The average molecular weight is 245 g/mol. The molecule has 0 fully saturated rings. The van der Waals surface area contributed by atoms with Crippen molar-refractivity contribution in [1.29, 1.82) is 0 Å². The number of ether oxygens (including phenoxy) is 1. The molecule has 0 unspecified atom stereocenters. The van der Waals surface area contributed by atoms with Gasteiger partial charge < -0.3 is 14.6 Å². The number of aryl methyl sites for hydroxylation is 1. The standard InChI is InChI=1S/C14H19N3O/c1-3-18-13-6-4-5-12(9-13)10-15-11-14-16-7-8-17(14)2/h4-9,15H,3,10-11H2,1-2H3. The highest BCUT2D eigenvalue weighted by Crippen LogP contribution is 2.13. The lowest BCUT2D eigenvalue weighted by Gasteiger charge is -2.07. The largest absolute Gasteiger partial charge is 0.494 e. The average Bonchev–Trinajstić information content (AvgIpc) is 2.76. The van der Waals surface area contributed by atoms with Crippen LogP contribution in [0.2, 0.25) is 0 Å². The number of benzene rings is 1. The SMILES string of the molecule is CCOc1cccc(CNCc2nccn2C)c1. The van der Waals surface area contributed by atoms with Crippen LogP contribution in [0, 0.1) is 0 Å². The van der Waals surface area contributed by atoms with Gasteiger partial charge in [-0.1, -0.05) is 12.1 Å². The Morgan fingerprint density at radius 3 is 2.94 bits per heavy atom. The first-order valence-electron chi connectivity index (χ1n) is 6.18. The van der Waals surface area contributed by atoms with Crippen LogP contribution in [0.4, 0.5) is 0 Å². The summed E-state index contributed by atoms with van der Waals surface area (Å²) in [5.41, 5.74) is 1.22. The van der Waals surface area contributed by atoms with E-state index in [0.717, 1.165) is 24.7 Å². The van der Waals surface area contributed by atoms with Gasteiger partial charge in [0.2, 0.25) is 0 Å². The molecule has 0 aliphatic heterocycles. The van der Waals surface area contributed by atoms with Crippen LogP contribution in [0.1, 0.15) is 18.3 Å². The van der Waals surface area contributed by atoms with Gasteiger partial charge >= 0.3 is 0 Å². The van der Waals surface area contributed by atoms with Gasteiger partial charge in [0.1, 0.15) is 11.6 Å². The van der Waals surface area contributed by atoms with Crippen molar-refractivity contribution in [3.8, 4) is 5.75 Å². The Labute approximate surface area is 108 Å². The number of imidazole rings is 1. The van der Waals surface area contributed by atoms with E-state index in [0.29, 0.717) is 6.61 Å². The fraction of sp³-hybridized carbons (Fsp3) is 0.357. The van der Waals surface area contributed by atoms with Crippen molar-refractivity contribution < 1.29 is 4.74 Å². The van der Waals surface area contributed by atoms with Gasteiger partial charge in [0.25, 0.3) is 0 Å². The first-order chi connectivity index (χ1) is 8.79. The van der Waals surface area contributed by atoms with Gasteiger partial charge in [0, 0.05) is 26.0 Å². The van der Waals surface area contributed by atoms with E-state index in [1.54, 1.807) is 0 Å². The van der Waals surface area contributed by atoms with Crippen molar-refractivity contribution in [1.82, 2.24) is 14.9 Å². The maximum absolute atomic E-state index is 5.47. The van der Waals surface area contributed by atoms with E-state index in [4.69, 9.17) is 4.74 Å². The number of nitrogens with zero attached hydrogens (tertiary/aromatic N) is 2. The predicted molar refractivity (Wildman–Crippen MR) is 71.4 cm³/mol. The van der Waals surface area contributed by atoms with E-state index in [9.17, 15) is 0 Å². The molecule has 0 aliphatic rings. The molecule has 0 saturated heterocycles. The molecule has 1 heterocycles. The fourth-order valence-corrected chi connectivity index (χ4v) is 1.80. The van der Waals surface area contributed by atoms with E-state index in [1.165, 1.54) is 5.56 Å². The highest BCUT2D eigenvalue weighted by molar-refractivity contribution is 5.28. The van der Waals surface area contributed by atoms with Crippen molar-refractivity contribution in [3.63, 3.8) is 0 Å². The second-order valence-electron chi connectivity index (χ2n) is 4.14. The molecule has 0 spiro atoms. The summed E-state index contributed by atoms with van der Waals surface area (Å²) in [5, 5.41) is 3.38. The lowest BCUT2D eigenvalue weighted by atomic mass is 10.2. The van der Waals surface area contributed by atoms with Crippen LogP contribution in [0.5, 0.6) is 5.75 Å². The van der Waals surface area contributed by atoms with Crippen LogP contribution >= 0.6 is 0 Å². The highest BCUT2D eigenvalue weighted by Gasteiger charge is 1.99. The Hall–Kier alpha value is -1.81. The molecular formula is C14H19N3O. The van der Waals surface area contributed by atoms with Crippen LogP contribution < -0.4 is 10.1 Å². The molecule has 0 aliphatic carbocycles. The van der Waals surface area contributed by atoms with Gasteiger partial charge in [-0.3, -0.25) is 0 Å². The second-order valence-corrected chi connectivity index (χ2v) is 4.14.